The van der Waals surface area contributed by atoms with E-state index in [9.17, 15) is 0 Å². The lowest BCUT2D eigenvalue weighted by Gasteiger charge is -2.26. The number of aryl methyl sites for hydroxylation is 1. The minimum atomic E-state index is 0.288. The van der Waals surface area contributed by atoms with Gasteiger partial charge in [-0.2, -0.15) is 0 Å². The number of nitrogens with one attached hydrogen (secondary N) is 1. The molecule has 1 unspecified atom stereocenters. The van der Waals surface area contributed by atoms with E-state index in [1.54, 1.807) is 20.5 Å². The highest BCUT2D eigenvalue weighted by Gasteiger charge is 2.22. The van der Waals surface area contributed by atoms with E-state index in [4.69, 9.17) is 14.2 Å². The van der Waals surface area contributed by atoms with Gasteiger partial charge in [-0.1, -0.05) is 12.1 Å². The number of rotatable bonds is 8. The summed E-state index contributed by atoms with van der Waals surface area (Å²) < 4.78 is 16.9. The molecule has 1 atom stereocenters. The van der Waals surface area contributed by atoms with Crippen molar-refractivity contribution in [3.05, 3.63) is 41.5 Å². The Kier molecular flexibility index (Phi) is 5.94. The average molecular weight is 345 g/mol. The molecule has 136 valence electrons. The molecule has 0 saturated carbocycles. The molecule has 1 N–H and O–H groups in total. The van der Waals surface area contributed by atoms with Crippen molar-refractivity contribution in [1.29, 1.82) is 0 Å². The van der Waals surface area contributed by atoms with Crippen molar-refractivity contribution in [3.63, 3.8) is 0 Å². The van der Waals surface area contributed by atoms with Crippen LogP contribution in [0.1, 0.15) is 29.8 Å². The molecule has 0 radical (unpaired) electrons. The van der Waals surface area contributed by atoms with Gasteiger partial charge >= 0.3 is 0 Å². The summed E-state index contributed by atoms with van der Waals surface area (Å²) in [7, 11) is 3.35. The molecular formula is C19H27N3O3. The molecule has 1 aromatic carbocycles. The van der Waals surface area contributed by atoms with Gasteiger partial charge in [-0.15, -0.1) is 0 Å². The van der Waals surface area contributed by atoms with Crippen LogP contribution in [-0.4, -0.2) is 48.3 Å². The number of methoxy groups -OCH3 is 2. The van der Waals surface area contributed by atoms with Gasteiger partial charge in [0.05, 0.1) is 32.3 Å². The van der Waals surface area contributed by atoms with Crippen molar-refractivity contribution < 1.29 is 14.2 Å². The topological polar surface area (TPSA) is 59.6 Å². The summed E-state index contributed by atoms with van der Waals surface area (Å²) in [6.45, 7) is 5.33. The summed E-state index contributed by atoms with van der Waals surface area (Å²) >= 11 is 0. The van der Waals surface area contributed by atoms with E-state index >= 15 is 0 Å². The van der Waals surface area contributed by atoms with Crippen LogP contribution in [0.3, 0.4) is 0 Å². The summed E-state index contributed by atoms with van der Waals surface area (Å²) in [5, 5.41) is 0. The molecule has 0 aliphatic carbocycles. The molecule has 0 amide bonds. The highest BCUT2D eigenvalue weighted by Crippen LogP contribution is 2.32. The van der Waals surface area contributed by atoms with Gasteiger partial charge in [0.1, 0.15) is 0 Å². The Morgan fingerprint density at radius 1 is 1.28 bits per heavy atom. The van der Waals surface area contributed by atoms with Crippen LogP contribution in [0.2, 0.25) is 0 Å². The van der Waals surface area contributed by atoms with Crippen molar-refractivity contribution in [2.75, 3.05) is 27.4 Å². The lowest BCUT2D eigenvalue weighted by atomic mass is 10.1. The average Bonchev–Trinajstić information content (AvgIpc) is 3.27. The molecule has 2 aromatic rings. The summed E-state index contributed by atoms with van der Waals surface area (Å²) in [4.78, 5) is 9.98. The van der Waals surface area contributed by atoms with Crippen LogP contribution in [0.15, 0.2) is 24.5 Å². The van der Waals surface area contributed by atoms with Gasteiger partial charge in [-0.25, -0.2) is 4.98 Å². The summed E-state index contributed by atoms with van der Waals surface area (Å²) in [6, 6.07) is 6.01. The van der Waals surface area contributed by atoms with E-state index in [0.717, 1.165) is 67.5 Å². The number of aromatic amines is 1. The van der Waals surface area contributed by atoms with Gasteiger partial charge in [0, 0.05) is 37.5 Å². The maximum atomic E-state index is 5.85. The normalized spacial score (nSPS) is 17.2. The standard InChI is InChI=1S/C19H27N3O3/c1-14-17(21-13-20-14)12-22(11-16-7-5-9-25-16)10-15-6-4-8-18(23-2)19(15)24-3/h4,6,8,13,16H,5,7,9-12H2,1-3H3,(H,20,21). The molecule has 6 heteroatoms. The zero-order chi connectivity index (χ0) is 17.6. The van der Waals surface area contributed by atoms with Crippen molar-refractivity contribution in [3.8, 4) is 11.5 Å². The number of hydrogen-bond donors (Lipinski definition) is 1. The zero-order valence-electron chi connectivity index (χ0n) is 15.2. The van der Waals surface area contributed by atoms with Gasteiger partial charge in [-0.3, -0.25) is 4.90 Å². The molecule has 1 aromatic heterocycles. The summed E-state index contributed by atoms with van der Waals surface area (Å²) in [5.74, 6) is 1.55. The molecule has 25 heavy (non-hydrogen) atoms. The molecular weight excluding hydrogens is 318 g/mol. The van der Waals surface area contributed by atoms with Gasteiger partial charge in [0.25, 0.3) is 0 Å². The Hall–Kier alpha value is -2.05. The van der Waals surface area contributed by atoms with E-state index in [-0.39, 0.29) is 6.10 Å². The Bertz CT molecular complexity index is 680. The summed E-state index contributed by atoms with van der Waals surface area (Å²) in [6.07, 6.45) is 4.30. The predicted molar refractivity (Wildman–Crippen MR) is 96.0 cm³/mol. The van der Waals surface area contributed by atoms with E-state index in [1.165, 1.54) is 0 Å². The zero-order valence-corrected chi connectivity index (χ0v) is 15.2. The van der Waals surface area contributed by atoms with Crippen LogP contribution in [0.4, 0.5) is 0 Å². The van der Waals surface area contributed by atoms with E-state index < -0.39 is 0 Å². The van der Waals surface area contributed by atoms with Crippen LogP contribution in [-0.2, 0) is 17.8 Å². The van der Waals surface area contributed by atoms with Gasteiger partial charge in [0.2, 0.25) is 0 Å². The maximum absolute atomic E-state index is 5.85. The quantitative estimate of drug-likeness (QED) is 0.797. The SMILES string of the molecule is COc1cccc(CN(Cc2nc[nH]c2C)CC2CCCO2)c1OC. The number of H-pyrrole nitrogens is 1. The van der Waals surface area contributed by atoms with E-state index in [1.807, 2.05) is 12.1 Å². The van der Waals surface area contributed by atoms with Crippen LogP contribution in [0, 0.1) is 6.92 Å². The predicted octanol–water partition coefficient (Wildman–Crippen LogP) is 2.92. The Labute approximate surface area is 149 Å². The smallest absolute Gasteiger partial charge is 0.165 e. The number of nitrogens with zero attached hydrogens (tertiary/aromatic N) is 2. The van der Waals surface area contributed by atoms with Crippen molar-refractivity contribution in [2.45, 2.75) is 39.0 Å². The number of aromatic nitrogens is 2. The van der Waals surface area contributed by atoms with Gasteiger partial charge < -0.3 is 19.2 Å². The first kappa shape index (κ1) is 17.8. The van der Waals surface area contributed by atoms with Gasteiger partial charge in [-0.05, 0) is 25.8 Å². The first-order valence-electron chi connectivity index (χ1n) is 8.74. The Balaban J connectivity index is 1.80. The minimum Gasteiger partial charge on any atom is -0.493 e. The highest BCUT2D eigenvalue weighted by molar-refractivity contribution is 5.46. The molecule has 0 bridgehead atoms. The molecule has 0 spiro atoms. The fraction of sp³-hybridized carbons (Fsp3) is 0.526. The van der Waals surface area contributed by atoms with Crippen molar-refractivity contribution >= 4 is 0 Å². The molecule has 2 heterocycles. The fourth-order valence-electron chi connectivity index (χ4n) is 3.34. The first-order chi connectivity index (χ1) is 12.2. The number of imidazole rings is 1. The number of benzene rings is 1. The lowest BCUT2D eigenvalue weighted by molar-refractivity contribution is 0.0671. The third-order valence-corrected chi connectivity index (χ3v) is 4.67. The van der Waals surface area contributed by atoms with E-state index in [0.29, 0.717) is 0 Å². The van der Waals surface area contributed by atoms with Crippen LogP contribution in [0.5, 0.6) is 11.5 Å². The summed E-state index contributed by atoms with van der Waals surface area (Å²) in [5.41, 5.74) is 3.28. The molecule has 1 fully saturated rings. The second kappa shape index (κ2) is 8.36. The van der Waals surface area contributed by atoms with E-state index in [2.05, 4.69) is 27.9 Å². The largest absolute Gasteiger partial charge is 0.493 e. The van der Waals surface area contributed by atoms with Crippen LogP contribution in [0.25, 0.3) is 0 Å². The molecule has 1 saturated heterocycles. The molecule has 1 aliphatic heterocycles. The molecule has 1 aliphatic rings. The Morgan fingerprint density at radius 3 is 2.80 bits per heavy atom. The second-order valence-electron chi connectivity index (χ2n) is 6.43. The van der Waals surface area contributed by atoms with Crippen molar-refractivity contribution in [1.82, 2.24) is 14.9 Å². The number of para-hydroxylation sites is 1. The van der Waals surface area contributed by atoms with Gasteiger partial charge in [0.15, 0.2) is 11.5 Å². The second-order valence-corrected chi connectivity index (χ2v) is 6.43. The number of ether oxygens (including phenoxy) is 3. The molecule has 6 nitrogen and oxygen atoms in total. The van der Waals surface area contributed by atoms with Crippen LogP contribution < -0.4 is 9.47 Å². The Morgan fingerprint density at radius 2 is 2.16 bits per heavy atom. The number of hydrogen-bond acceptors (Lipinski definition) is 5. The van der Waals surface area contributed by atoms with Crippen molar-refractivity contribution in [2.24, 2.45) is 0 Å². The minimum absolute atomic E-state index is 0.288. The third-order valence-electron chi connectivity index (χ3n) is 4.67. The van der Waals surface area contributed by atoms with Crippen LogP contribution >= 0.6 is 0 Å². The molecule has 3 rings (SSSR count). The first-order valence-corrected chi connectivity index (χ1v) is 8.74. The lowest BCUT2D eigenvalue weighted by Crippen LogP contribution is -2.32. The third kappa shape index (κ3) is 4.32. The highest BCUT2D eigenvalue weighted by atomic mass is 16.5. The monoisotopic (exact) mass is 345 g/mol. The maximum Gasteiger partial charge on any atom is 0.165 e. The fourth-order valence-corrected chi connectivity index (χ4v) is 3.34.